The monoisotopic (exact) mass is 316 g/mol. The normalized spacial score (nSPS) is 11.1. The highest BCUT2D eigenvalue weighted by molar-refractivity contribution is 6.01. The lowest BCUT2D eigenvalue weighted by Gasteiger charge is -2.12. The van der Waals surface area contributed by atoms with Crippen LogP contribution in [0.3, 0.4) is 0 Å². The zero-order valence-electron chi connectivity index (χ0n) is 11.3. The van der Waals surface area contributed by atoms with E-state index in [4.69, 9.17) is 0 Å². The minimum atomic E-state index is -0.0881. The van der Waals surface area contributed by atoms with Crippen molar-refractivity contribution in [3.63, 3.8) is 0 Å². The molecule has 110 valence electrons. The Labute approximate surface area is 130 Å². The number of hydrogen-bond acceptors (Lipinski definition) is 4. The summed E-state index contributed by atoms with van der Waals surface area (Å²) in [7, 11) is 1.83. The maximum Gasteiger partial charge on any atom is 0.228 e. The molecular formula is C13H18Cl2N4O. The molecule has 0 fully saturated rings. The minimum absolute atomic E-state index is 0. The number of halogens is 2. The highest BCUT2D eigenvalue weighted by Crippen LogP contribution is 2.20. The van der Waals surface area contributed by atoms with Gasteiger partial charge in [-0.25, -0.2) is 0 Å². The molecule has 7 heteroatoms. The smallest absolute Gasteiger partial charge is 0.228 e. The second-order valence-electron chi connectivity index (χ2n) is 4.20. The fourth-order valence-electron chi connectivity index (χ4n) is 1.75. The van der Waals surface area contributed by atoms with E-state index in [1.807, 2.05) is 20.0 Å². The van der Waals surface area contributed by atoms with Gasteiger partial charge in [0, 0.05) is 36.4 Å². The van der Waals surface area contributed by atoms with Crippen molar-refractivity contribution >= 4 is 47.3 Å². The molecule has 0 spiro atoms. The number of carbonyl (C=O) groups is 1. The van der Waals surface area contributed by atoms with Crippen molar-refractivity contribution in [1.82, 2.24) is 15.3 Å². The first-order chi connectivity index (χ1) is 8.72. The lowest BCUT2D eigenvalue weighted by Crippen LogP contribution is -2.28. The van der Waals surface area contributed by atoms with Crippen molar-refractivity contribution in [3.8, 4) is 0 Å². The van der Waals surface area contributed by atoms with Crippen molar-refractivity contribution in [2.45, 2.75) is 6.92 Å². The maximum absolute atomic E-state index is 12.0. The van der Waals surface area contributed by atoms with E-state index in [1.165, 1.54) is 0 Å². The van der Waals surface area contributed by atoms with Gasteiger partial charge in [0.2, 0.25) is 5.91 Å². The number of rotatable bonds is 4. The van der Waals surface area contributed by atoms with E-state index < -0.39 is 0 Å². The van der Waals surface area contributed by atoms with E-state index in [-0.39, 0.29) is 36.6 Å². The largest absolute Gasteiger partial charge is 0.325 e. The molecule has 0 radical (unpaired) electrons. The molecule has 0 aliphatic heterocycles. The van der Waals surface area contributed by atoms with Crippen molar-refractivity contribution < 1.29 is 4.79 Å². The molecule has 2 heterocycles. The Bertz CT molecular complexity index is 560. The highest BCUT2D eigenvalue weighted by atomic mass is 35.5. The van der Waals surface area contributed by atoms with Crippen LogP contribution in [0.15, 0.2) is 30.7 Å². The molecule has 0 saturated heterocycles. The molecule has 1 atom stereocenters. The van der Waals surface area contributed by atoms with Crippen LogP contribution in [0.25, 0.3) is 10.9 Å². The van der Waals surface area contributed by atoms with E-state index in [2.05, 4.69) is 20.6 Å². The number of anilines is 1. The summed E-state index contributed by atoms with van der Waals surface area (Å²) < 4.78 is 0. The van der Waals surface area contributed by atoms with Crippen LogP contribution in [0.2, 0.25) is 0 Å². The summed E-state index contributed by atoms with van der Waals surface area (Å²) in [6.07, 6.45) is 5.08. The van der Waals surface area contributed by atoms with Gasteiger partial charge in [-0.05, 0) is 19.2 Å². The average Bonchev–Trinajstić information content (AvgIpc) is 2.39. The Morgan fingerprint density at radius 3 is 2.75 bits per heavy atom. The van der Waals surface area contributed by atoms with Crippen molar-refractivity contribution in [1.29, 1.82) is 0 Å². The van der Waals surface area contributed by atoms with Gasteiger partial charge in [-0.15, -0.1) is 24.8 Å². The first-order valence-electron chi connectivity index (χ1n) is 5.86. The summed E-state index contributed by atoms with van der Waals surface area (Å²) in [6, 6.07) is 3.61. The zero-order valence-corrected chi connectivity index (χ0v) is 12.9. The van der Waals surface area contributed by atoms with Gasteiger partial charge in [0.05, 0.1) is 11.2 Å². The Balaban J connectivity index is 0.00000180. The standard InChI is InChI=1S/C13H16N4O.2ClH/c1-9(7-14-2)13(18)17-12-4-6-16-11-3-5-15-8-10(11)12;;/h3-6,8-9,14H,7H2,1-2H3,(H,16,17,18);2*1H. The molecular weight excluding hydrogens is 299 g/mol. The van der Waals surface area contributed by atoms with Crippen LogP contribution in [0.4, 0.5) is 5.69 Å². The lowest BCUT2D eigenvalue weighted by atomic mass is 10.1. The van der Waals surface area contributed by atoms with Gasteiger partial charge in [0.1, 0.15) is 0 Å². The molecule has 0 bridgehead atoms. The zero-order chi connectivity index (χ0) is 13.0. The molecule has 0 aliphatic carbocycles. The van der Waals surface area contributed by atoms with Crippen LogP contribution in [-0.2, 0) is 4.79 Å². The summed E-state index contributed by atoms with van der Waals surface area (Å²) >= 11 is 0. The summed E-state index contributed by atoms with van der Waals surface area (Å²) in [4.78, 5) is 20.2. The first kappa shape index (κ1) is 18.6. The molecule has 2 rings (SSSR count). The third-order valence-electron chi connectivity index (χ3n) is 2.76. The molecule has 0 saturated carbocycles. The summed E-state index contributed by atoms with van der Waals surface area (Å²) in [5, 5.41) is 6.75. The SMILES string of the molecule is CNCC(C)C(=O)Nc1ccnc2ccncc12.Cl.Cl. The lowest BCUT2D eigenvalue weighted by molar-refractivity contribution is -0.119. The molecule has 0 aromatic carbocycles. The maximum atomic E-state index is 12.0. The topological polar surface area (TPSA) is 66.9 Å². The van der Waals surface area contributed by atoms with Gasteiger partial charge in [-0.2, -0.15) is 0 Å². The molecule has 0 aliphatic rings. The number of nitrogens with one attached hydrogen (secondary N) is 2. The fourth-order valence-corrected chi connectivity index (χ4v) is 1.75. The average molecular weight is 317 g/mol. The van der Waals surface area contributed by atoms with Gasteiger partial charge >= 0.3 is 0 Å². The summed E-state index contributed by atoms with van der Waals surface area (Å²) in [5.41, 5.74) is 1.57. The van der Waals surface area contributed by atoms with Crippen LogP contribution in [0, 0.1) is 5.92 Å². The van der Waals surface area contributed by atoms with Gasteiger partial charge in [0.15, 0.2) is 0 Å². The Hall–Kier alpha value is -1.43. The van der Waals surface area contributed by atoms with E-state index >= 15 is 0 Å². The van der Waals surface area contributed by atoms with Crippen molar-refractivity contribution in [2.24, 2.45) is 5.92 Å². The predicted molar refractivity (Wildman–Crippen MR) is 85.8 cm³/mol. The van der Waals surface area contributed by atoms with E-state index in [0.717, 1.165) is 16.6 Å². The van der Waals surface area contributed by atoms with Gasteiger partial charge in [0.25, 0.3) is 0 Å². The van der Waals surface area contributed by atoms with Crippen LogP contribution in [-0.4, -0.2) is 29.5 Å². The molecule has 2 aromatic rings. The van der Waals surface area contributed by atoms with Crippen molar-refractivity contribution in [3.05, 3.63) is 30.7 Å². The summed E-state index contributed by atoms with van der Waals surface area (Å²) in [6.45, 7) is 2.53. The van der Waals surface area contributed by atoms with Crippen LogP contribution in [0.5, 0.6) is 0 Å². The number of fused-ring (bicyclic) bond motifs is 1. The highest BCUT2D eigenvalue weighted by Gasteiger charge is 2.13. The quantitative estimate of drug-likeness (QED) is 0.908. The number of nitrogens with zero attached hydrogens (tertiary/aromatic N) is 2. The van der Waals surface area contributed by atoms with Crippen LogP contribution < -0.4 is 10.6 Å². The van der Waals surface area contributed by atoms with Crippen LogP contribution in [0.1, 0.15) is 6.92 Å². The summed E-state index contributed by atoms with van der Waals surface area (Å²) in [5.74, 6) is -0.101. The van der Waals surface area contributed by atoms with E-state index in [9.17, 15) is 4.79 Å². The van der Waals surface area contributed by atoms with Crippen molar-refractivity contribution in [2.75, 3.05) is 18.9 Å². The van der Waals surface area contributed by atoms with Gasteiger partial charge < -0.3 is 10.6 Å². The third kappa shape index (κ3) is 4.30. The molecule has 1 unspecified atom stereocenters. The second kappa shape index (κ2) is 8.68. The van der Waals surface area contributed by atoms with Crippen LogP contribution >= 0.6 is 24.8 Å². The van der Waals surface area contributed by atoms with Gasteiger partial charge in [-0.3, -0.25) is 14.8 Å². The fraction of sp³-hybridized carbons (Fsp3) is 0.308. The van der Waals surface area contributed by atoms with E-state index in [0.29, 0.717) is 6.54 Å². The Morgan fingerprint density at radius 1 is 1.30 bits per heavy atom. The van der Waals surface area contributed by atoms with Gasteiger partial charge in [-0.1, -0.05) is 6.92 Å². The number of pyridine rings is 2. The Kier molecular flexibility index (Phi) is 8.06. The second-order valence-corrected chi connectivity index (χ2v) is 4.20. The number of amides is 1. The molecule has 1 amide bonds. The van der Waals surface area contributed by atoms with E-state index in [1.54, 1.807) is 24.7 Å². The number of hydrogen-bond donors (Lipinski definition) is 2. The number of carbonyl (C=O) groups excluding carboxylic acids is 1. The third-order valence-corrected chi connectivity index (χ3v) is 2.76. The number of aromatic nitrogens is 2. The molecule has 20 heavy (non-hydrogen) atoms. The molecule has 5 nitrogen and oxygen atoms in total. The predicted octanol–water partition coefficient (Wildman–Crippen LogP) is 2.27. The minimum Gasteiger partial charge on any atom is -0.325 e. The Morgan fingerprint density at radius 2 is 2.05 bits per heavy atom. The first-order valence-corrected chi connectivity index (χ1v) is 5.86. The molecule has 2 aromatic heterocycles. The molecule has 2 N–H and O–H groups in total.